The molecular weight excluding hydrogens is 417 g/mol. The van der Waals surface area contributed by atoms with Crippen molar-refractivity contribution in [2.75, 3.05) is 6.54 Å². The number of aromatic nitrogens is 1. The molecule has 1 fully saturated rings. The Bertz CT molecular complexity index is 851. The molecule has 1 aliphatic heterocycles. The van der Waals surface area contributed by atoms with E-state index in [1.165, 1.54) is 12.8 Å². The zero-order valence-corrected chi connectivity index (χ0v) is 19.5. The predicted octanol–water partition coefficient (Wildman–Crippen LogP) is 6.04. The molecule has 0 unspecified atom stereocenters. The maximum atomic E-state index is 12.8. The second kappa shape index (κ2) is 10.1. The molecule has 1 amide bonds. The number of halogens is 2. The largest absolute Gasteiger partial charge is 0.347 e. The summed E-state index contributed by atoms with van der Waals surface area (Å²) in [5, 5.41) is 4.42. The number of rotatable bonds is 6. The van der Waals surface area contributed by atoms with Gasteiger partial charge in [0.05, 0.1) is 21.8 Å². The first-order valence-electron chi connectivity index (χ1n) is 10.6. The minimum absolute atomic E-state index is 0.0463. The average Bonchev–Trinajstić information content (AvgIpc) is 2.71. The van der Waals surface area contributed by atoms with Crippen LogP contribution in [0.2, 0.25) is 10.0 Å². The fourth-order valence-corrected chi connectivity index (χ4v) is 4.21. The van der Waals surface area contributed by atoms with Crippen LogP contribution in [0.1, 0.15) is 63.8 Å². The third-order valence-corrected chi connectivity index (χ3v) is 6.40. The molecule has 6 heteroatoms. The van der Waals surface area contributed by atoms with Gasteiger partial charge in [0.1, 0.15) is 0 Å². The number of hydrogen-bond donors (Lipinski definition) is 1. The van der Waals surface area contributed by atoms with Crippen LogP contribution in [-0.2, 0) is 11.3 Å². The number of nitrogens with one attached hydrogen (secondary N) is 1. The van der Waals surface area contributed by atoms with E-state index in [1.807, 2.05) is 57.2 Å². The van der Waals surface area contributed by atoms with Gasteiger partial charge in [0.15, 0.2) is 0 Å². The summed E-state index contributed by atoms with van der Waals surface area (Å²) in [5.74, 6) is 0.0463. The van der Waals surface area contributed by atoms with Crippen LogP contribution in [0.25, 0.3) is 0 Å². The van der Waals surface area contributed by atoms with Gasteiger partial charge in [0, 0.05) is 24.2 Å². The van der Waals surface area contributed by atoms with E-state index < -0.39 is 5.41 Å². The maximum Gasteiger partial charge on any atom is 0.225 e. The summed E-state index contributed by atoms with van der Waals surface area (Å²) < 4.78 is 0. The Kier molecular flexibility index (Phi) is 7.78. The molecule has 3 rings (SSSR count). The molecule has 162 valence electrons. The van der Waals surface area contributed by atoms with E-state index in [0.717, 1.165) is 37.2 Å². The fourth-order valence-electron chi connectivity index (χ4n) is 3.89. The number of hydrogen-bond acceptors (Lipinski definition) is 3. The summed E-state index contributed by atoms with van der Waals surface area (Å²) >= 11 is 12.3. The van der Waals surface area contributed by atoms with Crippen molar-refractivity contribution in [3.05, 3.63) is 63.9 Å². The molecular formula is C24H31Cl2N3O. The molecule has 2 heterocycles. The quantitative estimate of drug-likeness (QED) is 0.586. The molecule has 4 nitrogen and oxygen atoms in total. The third-order valence-electron chi connectivity index (χ3n) is 5.66. The molecule has 0 radical (unpaired) electrons. The predicted molar refractivity (Wildman–Crippen MR) is 124 cm³/mol. The van der Waals surface area contributed by atoms with Crippen molar-refractivity contribution in [3.8, 4) is 0 Å². The molecule has 0 bridgehead atoms. The standard InChI is InChI=1S/C24H31Cl2N3O/c1-24(2,3)23(30)28-22(21-9-4-6-12-27-21)15-18-8-5-7-13-29(18)16-17-10-11-19(25)20(26)14-17/h4,6,9-12,14,18,22H,5,7-8,13,15-16H2,1-3H3,(H,28,30)/t18-,22+/m1/s1. The first-order chi connectivity index (χ1) is 14.2. The number of carbonyl (C=O) groups excluding carboxylic acids is 1. The van der Waals surface area contributed by atoms with E-state index in [4.69, 9.17) is 23.2 Å². The SMILES string of the molecule is CC(C)(C)C(=O)N[C@@H](C[C@H]1CCCCN1Cc1ccc(Cl)c(Cl)c1)c1ccccn1. The number of amides is 1. The molecule has 1 saturated heterocycles. The smallest absolute Gasteiger partial charge is 0.225 e. The first kappa shape index (κ1) is 23.1. The van der Waals surface area contributed by atoms with E-state index >= 15 is 0 Å². The van der Waals surface area contributed by atoms with Crippen molar-refractivity contribution in [2.45, 2.75) is 65.1 Å². The van der Waals surface area contributed by atoms with Gasteiger partial charge in [-0.05, 0) is 55.6 Å². The number of piperidine rings is 1. The maximum absolute atomic E-state index is 12.8. The highest BCUT2D eigenvalue weighted by atomic mass is 35.5. The lowest BCUT2D eigenvalue weighted by molar-refractivity contribution is -0.129. The van der Waals surface area contributed by atoms with Crippen LogP contribution in [0.3, 0.4) is 0 Å². The van der Waals surface area contributed by atoms with Crippen LogP contribution < -0.4 is 5.32 Å². The highest BCUT2D eigenvalue weighted by molar-refractivity contribution is 6.42. The van der Waals surface area contributed by atoms with Crippen LogP contribution in [-0.4, -0.2) is 28.4 Å². The molecule has 1 aliphatic rings. The van der Waals surface area contributed by atoms with Crippen LogP contribution in [0.15, 0.2) is 42.6 Å². The number of nitrogens with zero attached hydrogens (tertiary/aromatic N) is 2. The Balaban J connectivity index is 1.78. The van der Waals surface area contributed by atoms with Gasteiger partial charge in [-0.1, -0.05) is 62.5 Å². The molecule has 2 atom stereocenters. The van der Waals surface area contributed by atoms with Crippen molar-refractivity contribution in [1.82, 2.24) is 15.2 Å². The first-order valence-corrected chi connectivity index (χ1v) is 11.4. The third kappa shape index (κ3) is 6.19. The van der Waals surface area contributed by atoms with Gasteiger partial charge in [-0.3, -0.25) is 14.7 Å². The van der Waals surface area contributed by atoms with Gasteiger partial charge in [-0.25, -0.2) is 0 Å². The monoisotopic (exact) mass is 447 g/mol. The summed E-state index contributed by atoms with van der Waals surface area (Å²) in [6, 6.07) is 12.0. The lowest BCUT2D eigenvalue weighted by Gasteiger charge is -2.38. The van der Waals surface area contributed by atoms with Gasteiger partial charge in [0.25, 0.3) is 0 Å². The van der Waals surface area contributed by atoms with Gasteiger partial charge in [-0.15, -0.1) is 0 Å². The minimum Gasteiger partial charge on any atom is -0.347 e. The van der Waals surface area contributed by atoms with Crippen LogP contribution in [0, 0.1) is 5.41 Å². The fraction of sp³-hybridized carbons (Fsp3) is 0.500. The van der Waals surface area contributed by atoms with Crippen molar-refractivity contribution in [3.63, 3.8) is 0 Å². The van der Waals surface area contributed by atoms with Crippen molar-refractivity contribution in [1.29, 1.82) is 0 Å². The number of carbonyl (C=O) groups is 1. The van der Waals surface area contributed by atoms with Gasteiger partial charge >= 0.3 is 0 Å². The Labute approximate surface area is 190 Å². The summed E-state index contributed by atoms with van der Waals surface area (Å²) in [5.41, 5.74) is 1.62. The second-order valence-corrected chi connectivity index (χ2v) is 9.95. The summed E-state index contributed by atoms with van der Waals surface area (Å²) in [4.78, 5) is 19.8. The van der Waals surface area contributed by atoms with Gasteiger partial charge in [-0.2, -0.15) is 0 Å². The minimum atomic E-state index is -0.445. The Morgan fingerprint density at radius 3 is 2.67 bits per heavy atom. The molecule has 0 spiro atoms. The highest BCUT2D eigenvalue weighted by Crippen LogP contribution is 2.30. The lowest BCUT2D eigenvalue weighted by atomic mass is 9.91. The van der Waals surface area contributed by atoms with E-state index in [1.54, 1.807) is 6.20 Å². The second-order valence-electron chi connectivity index (χ2n) is 9.13. The zero-order valence-electron chi connectivity index (χ0n) is 18.0. The van der Waals surface area contributed by atoms with Crippen LogP contribution in [0.4, 0.5) is 0 Å². The van der Waals surface area contributed by atoms with Crippen molar-refractivity contribution >= 4 is 29.1 Å². The molecule has 0 saturated carbocycles. The van der Waals surface area contributed by atoms with E-state index in [2.05, 4.69) is 15.2 Å². The zero-order chi connectivity index (χ0) is 21.7. The molecule has 2 aromatic rings. The Morgan fingerprint density at radius 2 is 2.00 bits per heavy atom. The summed E-state index contributed by atoms with van der Waals surface area (Å²) in [6.07, 6.45) is 6.11. The normalized spacial score (nSPS) is 18.8. The van der Waals surface area contributed by atoms with Gasteiger partial charge in [0.2, 0.25) is 5.91 Å². The van der Waals surface area contributed by atoms with E-state index in [0.29, 0.717) is 16.1 Å². The van der Waals surface area contributed by atoms with Gasteiger partial charge < -0.3 is 5.32 Å². The van der Waals surface area contributed by atoms with E-state index in [-0.39, 0.29) is 11.9 Å². The van der Waals surface area contributed by atoms with E-state index in [9.17, 15) is 4.79 Å². The molecule has 1 N–H and O–H groups in total. The number of pyridine rings is 1. The van der Waals surface area contributed by atoms with Crippen molar-refractivity contribution < 1.29 is 4.79 Å². The average molecular weight is 448 g/mol. The van der Waals surface area contributed by atoms with Crippen molar-refractivity contribution in [2.24, 2.45) is 5.41 Å². The number of likely N-dealkylation sites (tertiary alicyclic amines) is 1. The topological polar surface area (TPSA) is 45.2 Å². The summed E-state index contributed by atoms with van der Waals surface area (Å²) in [7, 11) is 0. The molecule has 1 aromatic heterocycles. The van der Waals surface area contributed by atoms with Crippen LogP contribution in [0.5, 0.6) is 0 Å². The molecule has 30 heavy (non-hydrogen) atoms. The molecule has 0 aliphatic carbocycles. The molecule has 1 aromatic carbocycles. The summed E-state index contributed by atoms with van der Waals surface area (Å²) in [6.45, 7) is 7.68. The number of benzene rings is 1. The van der Waals surface area contributed by atoms with Crippen LogP contribution >= 0.6 is 23.2 Å². The Hall–Kier alpha value is -1.62. The highest BCUT2D eigenvalue weighted by Gasteiger charge is 2.30. The lowest BCUT2D eigenvalue weighted by Crippen LogP contribution is -2.44. The Morgan fingerprint density at radius 1 is 1.20 bits per heavy atom.